The molecular weight excluding hydrogens is 224 g/mol. The third kappa shape index (κ3) is 1.89. The molecular formula is C12H14O3S. The summed E-state index contributed by atoms with van der Waals surface area (Å²) in [6, 6.07) is 3.33. The van der Waals surface area contributed by atoms with Crippen LogP contribution >= 0.6 is 0 Å². The average molecular weight is 238 g/mol. The van der Waals surface area contributed by atoms with Crippen molar-refractivity contribution >= 4 is 16.8 Å². The van der Waals surface area contributed by atoms with E-state index < -0.39 is 16.8 Å². The Balaban J connectivity index is 2.53. The highest BCUT2D eigenvalue weighted by Gasteiger charge is 2.31. The van der Waals surface area contributed by atoms with Gasteiger partial charge < -0.3 is 5.11 Å². The Hall–Kier alpha value is -1.16. The molecule has 0 heterocycles. The first-order chi connectivity index (χ1) is 7.52. The SMILES string of the molecule is Cc1ccc(C(=O)O)c(C)c1[S@](=O)C1CC1. The zero-order valence-electron chi connectivity index (χ0n) is 9.32. The van der Waals surface area contributed by atoms with Crippen molar-refractivity contribution in [2.75, 3.05) is 0 Å². The van der Waals surface area contributed by atoms with E-state index in [4.69, 9.17) is 5.11 Å². The highest BCUT2D eigenvalue weighted by Crippen LogP contribution is 2.34. The molecule has 1 aromatic rings. The summed E-state index contributed by atoms with van der Waals surface area (Å²) in [6.45, 7) is 3.63. The molecule has 0 spiro atoms. The number of carbonyl (C=O) groups is 1. The number of hydrogen-bond donors (Lipinski definition) is 1. The number of aryl methyl sites for hydroxylation is 1. The molecule has 1 N–H and O–H groups in total. The molecule has 16 heavy (non-hydrogen) atoms. The Labute approximate surface area is 96.9 Å². The topological polar surface area (TPSA) is 54.4 Å². The molecule has 1 saturated carbocycles. The second-order valence-corrected chi connectivity index (χ2v) is 5.86. The summed E-state index contributed by atoms with van der Waals surface area (Å²) in [5.41, 5.74) is 1.83. The zero-order valence-corrected chi connectivity index (χ0v) is 10.1. The molecule has 0 radical (unpaired) electrons. The van der Waals surface area contributed by atoms with Gasteiger partial charge in [-0.1, -0.05) is 6.07 Å². The minimum atomic E-state index is -1.04. The predicted octanol–water partition coefficient (Wildman–Crippen LogP) is 2.27. The fourth-order valence-corrected chi connectivity index (χ4v) is 3.51. The van der Waals surface area contributed by atoms with E-state index in [0.717, 1.165) is 23.3 Å². The van der Waals surface area contributed by atoms with E-state index in [1.165, 1.54) is 0 Å². The van der Waals surface area contributed by atoms with Crippen LogP contribution in [0.1, 0.15) is 34.3 Å². The van der Waals surface area contributed by atoms with Crippen LogP contribution in [0.4, 0.5) is 0 Å². The van der Waals surface area contributed by atoms with Crippen LogP contribution in [0, 0.1) is 13.8 Å². The van der Waals surface area contributed by atoms with Crippen LogP contribution in [0.15, 0.2) is 17.0 Å². The van der Waals surface area contributed by atoms with Gasteiger partial charge in [-0.05, 0) is 43.9 Å². The molecule has 3 nitrogen and oxygen atoms in total. The van der Waals surface area contributed by atoms with Gasteiger partial charge in [0, 0.05) is 10.1 Å². The molecule has 0 aromatic heterocycles. The van der Waals surface area contributed by atoms with Gasteiger partial charge in [-0.2, -0.15) is 0 Å². The number of aromatic carboxylic acids is 1. The van der Waals surface area contributed by atoms with Crippen LogP contribution in [-0.2, 0) is 10.8 Å². The lowest BCUT2D eigenvalue weighted by Gasteiger charge is -2.11. The number of carboxylic acids is 1. The van der Waals surface area contributed by atoms with Crippen molar-refractivity contribution in [2.24, 2.45) is 0 Å². The summed E-state index contributed by atoms with van der Waals surface area (Å²) < 4.78 is 12.1. The predicted molar refractivity (Wildman–Crippen MR) is 62.3 cm³/mol. The van der Waals surface area contributed by atoms with Gasteiger partial charge >= 0.3 is 5.97 Å². The number of carboxylic acid groups (broad SMARTS) is 1. The number of rotatable bonds is 3. The molecule has 0 aliphatic heterocycles. The summed E-state index contributed by atoms with van der Waals surface area (Å²) in [5, 5.41) is 9.26. The Bertz CT molecular complexity index is 475. The lowest BCUT2D eigenvalue weighted by Crippen LogP contribution is -2.08. The molecule has 1 atom stereocenters. The van der Waals surface area contributed by atoms with E-state index in [0.29, 0.717) is 5.56 Å². The fraction of sp³-hybridized carbons (Fsp3) is 0.417. The van der Waals surface area contributed by atoms with Gasteiger partial charge in [0.1, 0.15) is 0 Å². The van der Waals surface area contributed by atoms with Crippen LogP contribution in [-0.4, -0.2) is 20.5 Å². The van der Waals surface area contributed by atoms with Crippen molar-refractivity contribution in [1.29, 1.82) is 0 Å². The van der Waals surface area contributed by atoms with E-state index >= 15 is 0 Å². The van der Waals surface area contributed by atoms with Crippen molar-refractivity contribution < 1.29 is 14.1 Å². The maximum atomic E-state index is 12.1. The molecule has 1 fully saturated rings. The number of hydrogen-bond acceptors (Lipinski definition) is 2. The Morgan fingerprint density at radius 3 is 2.50 bits per heavy atom. The zero-order chi connectivity index (χ0) is 11.9. The second-order valence-electron chi connectivity index (χ2n) is 4.19. The van der Waals surface area contributed by atoms with E-state index in [-0.39, 0.29) is 10.8 Å². The summed E-state index contributed by atoms with van der Waals surface area (Å²) in [5.74, 6) is -0.952. The molecule has 1 aliphatic rings. The maximum absolute atomic E-state index is 12.1. The van der Waals surface area contributed by atoms with Crippen LogP contribution < -0.4 is 0 Å². The lowest BCUT2D eigenvalue weighted by molar-refractivity contribution is 0.0696. The van der Waals surface area contributed by atoms with Crippen LogP contribution in [0.3, 0.4) is 0 Å². The van der Waals surface area contributed by atoms with Crippen molar-refractivity contribution in [1.82, 2.24) is 0 Å². The van der Waals surface area contributed by atoms with E-state index in [2.05, 4.69) is 0 Å². The van der Waals surface area contributed by atoms with Crippen molar-refractivity contribution in [2.45, 2.75) is 36.8 Å². The van der Waals surface area contributed by atoms with E-state index in [1.54, 1.807) is 19.1 Å². The summed E-state index contributed by atoms with van der Waals surface area (Å²) in [7, 11) is -1.04. The van der Waals surface area contributed by atoms with Gasteiger partial charge in [0.15, 0.2) is 0 Å². The molecule has 2 rings (SSSR count). The molecule has 1 aromatic carbocycles. The monoisotopic (exact) mass is 238 g/mol. The third-order valence-electron chi connectivity index (χ3n) is 2.86. The minimum Gasteiger partial charge on any atom is -0.478 e. The van der Waals surface area contributed by atoms with Crippen molar-refractivity contribution in [3.8, 4) is 0 Å². The maximum Gasteiger partial charge on any atom is 0.335 e. The third-order valence-corrected chi connectivity index (χ3v) is 4.97. The highest BCUT2D eigenvalue weighted by atomic mass is 32.2. The highest BCUT2D eigenvalue weighted by molar-refractivity contribution is 7.86. The number of benzene rings is 1. The Morgan fingerprint density at radius 1 is 1.38 bits per heavy atom. The van der Waals surface area contributed by atoms with Gasteiger partial charge in [-0.3, -0.25) is 4.21 Å². The molecule has 0 amide bonds. The van der Waals surface area contributed by atoms with Gasteiger partial charge in [-0.25, -0.2) is 4.79 Å². The van der Waals surface area contributed by atoms with Crippen molar-refractivity contribution in [3.05, 3.63) is 28.8 Å². The Kier molecular flexibility index (Phi) is 2.84. The first-order valence-electron chi connectivity index (χ1n) is 5.26. The first kappa shape index (κ1) is 11.3. The molecule has 1 aliphatic carbocycles. The quantitative estimate of drug-likeness (QED) is 0.878. The van der Waals surface area contributed by atoms with Crippen LogP contribution in [0.25, 0.3) is 0 Å². The summed E-state index contributed by atoms with van der Waals surface area (Å²) in [6.07, 6.45) is 1.98. The summed E-state index contributed by atoms with van der Waals surface area (Å²) in [4.78, 5) is 11.7. The normalized spacial score (nSPS) is 17.1. The minimum absolute atomic E-state index is 0.237. The largest absolute Gasteiger partial charge is 0.478 e. The molecule has 86 valence electrons. The smallest absolute Gasteiger partial charge is 0.335 e. The molecule has 0 unspecified atom stereocenters. The van der Waals surface area contributed by atoms with Gasteiger partial charge in [0.25, 0.3) is 0 Å². The molecule has 4 heteroatoms. The van der Waals surface area contributed by atoms with Crippen LogP contribution in [0.2, 0.25) is 0 Å². The lowest BCUT2D eigenvalue weighted by atomic mass is 10.1. The first-order valence-corrected chi connectivity index (χ1v) is 6.47. The Morgan fingerprint density at radius 2 is 2.00 bits per heavy atom. The standard InChI is InChI=1S/C12H14O3S/c1-7-3-6-10(12(13)14)8(2)11(7)16(15)9-4-5-9/h3,6,9H,4-5H2,1-2H3,(H,13,14)/t16-/m1/s1. The molecule has 0 bridgehead atoms. The van der Waals surface area contributed by atoms with Crippen LogP contribution in [0.5, 0.6) is 0 Å². The van der Waals surface area contributed by atoms with Gasteiger partial charge in [0.05, 0.1) is 16.4 Å². The van der Waals surface area contributed by atoms with Crippen molar-refractivity contribution in [3.63, 3.8) is 0 Å². The van der Waals surface area contributed by atoms with Gasteiger partial charge in [-0.15, -0.1) is 0 Å². The fourth-order valence-electron chi connectivity index (χ4n) is 1.82. The molecule has 0 saturated heterocycles. The average Bonchev–Trinajstić information content (AvgIpc) is 2.99. The van der Waals surface area contributed by atoms with E-state index in [1.807, 2.05) is 6.92 Å². The second kappa shape index (κ2) is 4.01. The van der Waals surface area contributed by atoms with E-state index in [9.17, 15) is 9.00 Å². The van der Waals surface area contributed by atoms with Gasteiger partial charge in [0.2, 0.25) is 0 Å². The summed E-state index contributed by atoms with van der Waals surface area (Å²) >= 11 is 0.